The van der Waals surface area contributed by atoms with Crippen LogP contribution < -0.4 is 4.90 Å². The zero-order chi connectivity index (χ0) is 38.9. The Kier molecular flexibility index (Phi) is 7.54. The van der Waals surface area contributed by atoms with E-state index in [0.717, 1.165) is 44.7 Å². The third-order valence-electron chi connectivity index (χ3n) is 12.0. The molecule has 3 heteroatoms. The summed E-state index contributed by atoms with van der Waals surface area (Å²) in [5.74, 6) is 0. The summed E-state index contributed by atoms with van der Waals surface area (Å²) in [6.45, 7) is 0. The lowest BCUT2D eigenvalue weighted by Crippen LogP contribution is -2.11. The van der Waals surface area contributed by atoms with E-state index < -0.39 is 0 Å². The van der Waals surface area contributed by atoms with Crippen molar-refractivity contribution in [3.63, 3.8) is 0 Å². The minimum atomic E-state index is 0.895. The first-order chi connectivity index (χ1) is 29.2. The number of benzene rings is 10. The molecular formula is C56H36N2O. The van der Waals surface area contributed by atoms with E-state index in [2.05, 4.69) is 216 Å². The molecule has 0 aliphatic rings. The SMILES string of the molecule is c1cc(-c2ccc(-c3ccc4c(c3)c3ccccc3n4-c3ccc4c(c3)oc3ccccc34)cc2)cc(N(c2cccc3ccccc23)c2cccc3ccccc23)c1. The van der Waals surface area contributed by atoms with Gasteiger partial charge >= 0.3 is 0 Å². The average molecular weight is 753 g/mol. The lowest BCUT2D eigenvalue weighted by atomic mass is 9.98. The van der Waals surface area contributed by atoms with Crippen molar-refractivity contribution >= 4 is 82.4 Å². The van der Waals surface area contributed by atoms with Gasteiger partial charge in [-0.25, -0.2) is 0 Å². The van der Waals surface area contributed by atoms with E-state index in [-0.39, 0.29) is 0 Å². The topological polar surface area (TPSA) is 21.3 Å². The van der Waals surface area contributed by atoms with Gasteiger partial charge in [-0.05, 0) is 93.7 Å². The van der Waals surface area contributed by atoms with Crippen molar-refractivity contribution in [3.05, 3.63) is 218 Å². The van der Waals surface area contributed by atoms with Crippen LogP contribution in [0.2, 0.25) is 0 Å². The number of furan rings is 1. The predicted octanol–water partition coefficient (Wildman–Crippen LogP) is 15.8. The van der Waals surface area contributed by atoms with Crippen molar-refractivity contribution < 1.29 is 4.42 Å². The first kappa shape index (κ1) is 33.3. The quantitative estimate of drug-likeness (QED) is 0.169. The van der Waals surface area contributed by atoms with E-state index in [1.165, 1.54) is 65.6 Å². The van der Waals surface area contributed by atoms with Crippen LogP contribution in [-0.2, 0) is 0 Å². The summed E-state index contributed by atoms with van der Waals surface area (Å²) in [7, 11) is 0. The summed E-state index contributed by atoms with van der Waals surface area (Å²) < 4.78 is 8.67. The van der Waals surface area contributed by atoms with Gasteiger partial charge in [0, 0.05) is 49.8 Å². The second kappa shape index (κ2) is 13.4. The van der Waals surface area contributed by atoms with E-state index in [0.29, 0.717) is 0 Å². The largest absolute Gasteiger partial charge is 0.456 e. The van der Waals surface area contributed by atoms with Crippen LogP contribution in [0, 0.1) is 0 Å². The van der Waals surface area contributed by atoms with E-state index in [1.807, 2.05) is 12.1 Å². The fourth-order valence-corrected chi connectivity index (χ4v) is 9.18. The number of anilines is 3. The molecule has 0 fully saturated rings. The van der Waals surface area contributed by atoms with Crippen molar-refractivity contribution in [2.75, 3.05) is 4.90 Å². The highest BCUT2D eigenvalue weighted by molar-refractivity contribution is 6.11. The lowest BCUT2D eigenvalue weighted by molar-refractivity contribution is 0.668. The number of para-hydroxylation sites is 2. The molecule has 276 valence electrons. The fourth-order valence-electron chi connectivity index (χ4n) is 9.18. The van der Waals surface area contributed by atoms with E-state index in [1.54, 1.807) is 0 Å². The maximum absolute atomic E-state index is 6.31. The zero-order valence-corrected chi connectivity index (χ0v) is 32.1. The Morgan fingerprint density at radius 1 is 0.322 bits per heavy atom. The first-order valence-corrected chi connectivity index (χ1v) is 20.2. The summed E-state index contributed by atoms with van der Waals surface area (Å²) in [6.07, 6.45) is 0. The standard InChI is InChI=1S/C56H36N2O/c1-3-18-45-39(12-1)14-10-23-51(45)57(52-24-11-15-40-13-2-4-19-46(40)52)43-17-9-16-41(34-43)37-26-28-38(29-27-37)42-30-33-54-50(35-42)47-20-5-7-22-53(47)58(54)44-31-32-49-48-21-6-8-25-55(48)59-56(49)36-44/h1-36H. The van der Waals surface area contributed by atoms with Crippen LogP contribution in [0.1, 0.15) is 0 Å². The molecule has 10 aromatic carbocycles. The molecule has 12 rings (SSSR count). The number of hydrogen-bond donors (Lipinski definition) is 0. The minimum Gasteiger partial charge on any atom is -0.456 e. The highest BCUT2D eigenvalue weighted by Crippen LogP contribution is 2.43. The molecule has 3 nitrogen and oxygen atoms in total. The van der Waals surface area contributed by atoms with Crippen molar-refractivity contribution in [1.82, 2.24) is 4.57 Å². The van der Waals surface area contributed by atoms with E-state index in [9.17, 15) is 0 Å². The van der Waals surface area contributed by atoms with E-state index in [4.69, 9.17) is 4.42 Å². The third-order valence-corrected chi connectivity index (χ3v) is 12.0. The number of hydrogen-bond acceptors (Lipinski definition) is 2. The second-order valence-corrected chi connectivity index (χ2v) is 15.3. The molecule has 0 saturated carbocycles. The molecule has 0 saturated heterocycles. The average Bonchev–Trinajstić information content (AvgIpc) is 3.84. The maximum atomic E-state index is 6.31. The summed E-state index contributed by atoms with van der Waals surface area (Å²) in [5.41, 5.74) is 13.4. The monoisotopic (exact) mass is 752 g/mol. The molecule has 12 aromatic rings. The van der Waals surface area contributed by atoms with Crippen molar-refractivity contribution in [2.24, 2.45) is 0 Å². The molecule has 2 heterocycles. The van der Waals surface area contributed by atoms with Gasteiger partial charge in [0.15, 0.2) is 0 Å². The zero-order valence-electron chi connectivity index (χ0n) is 32.1. The van der Waals surface area contributed by atoms with Crippen LogP contribution in [-0.4, -0.2) is 4.57 Å². The summed E-state index contributed by atoms with van der Waals surface area (Å²) in [4.78, 5) is 2.42. The van der Waals surface area contributed by atoms with Gasteiger partial charge in [0.1, 0.15) is 11.2 Å². The molecule has 0 bridgehead atoms. The van der Waals surface area contributed by atoms with Gasteiger partial charge in [-0.3, -0.25) is 0 Å². The first-order valence-electron chi connectivity index (χ1n) is 20.2. The molecule has 0 spiro atoms. The molecule has 0 aliphatic carbocycles. The number of rotatable bonds is 6. The number of nitrogens with zero attached hydrogens (tertiary/aromatic N) is 2. The normalized spacial score (nSPS) is 11.7. The summed E-state index contributed by atoms with van der Waals surface area (Å²) in [5, 5.41) is 9.59. The predicted molar refractivity (Wildman–Crippen MR) is 249 cm³/mol. The van der Waals surface area contributed by atoms with Gasteiger partial charge < -0.3 is 13.9 Å². The molecule has 0 amide bonds. The van der Waals surface area contributed by atoms with Gasteiger partial charge in [-0.15, -0.1) is 0 Å². The Hall–Kier alpha value is -7.88. The molecule has 2 aromatic heterocycles. The highest BCUT2D eigenvalue weighted by Gasteiger charge is 2.19. The Morgan fingerprint density at radius 2 is 0.864 bits per heavy atom. The van der Waals surface area contributed by atoms with Gasteiger partial charge in [-0.1, -0.05) is 152 Å². The lowest BCUT2D eigenvalue weighted by Gasteiger charge is -2.28. The van der Waals surface area contributed by atoms with Crippen LogP contribution in [0.4, 0.5) is 17.1 Å². The van der Waals surface area contributed by atoms with Crippen LogP contribution in [0.3, 0.4) is 0 Å². The van der Waals surface area contributed by atoms with Gasteiger partial charge in [0.05, 0.1) is 22.4 Å². The summed E-state index contributed by atoms with van der Waals surface area (Å²) in [6, 6.07) is 78.8. The van der Waals surface area contributed by atoms with E-state index >= 15 is 0 Å². The smallest absolute Gasteiger partial charge is 0.137 e. The van der Waals surface area contributed by atoms with Gasteiger partial charge in [-0.2, -0.15) is 0 Å². The number of fused-ring (bicyclic) bond motifs is 8. The van der Waals surface area contributed by atoms with Crippen molar-refractivity contribution in [2.45, 2.75) is 0 Å². The molecule has 0 atom stereocenters. The molecular weight excluding hydrogens is 717 g/mol. The minimum absolute atomic E-state index is 0.895. The highest BCUT2D eigenvalue weighted by atomic mass is 16.3. The van der Waals surface area contributed by atoms with Crippen LogP contribution >= 0.6 is 0 Å². The third kappa shape index (κ3) is 5.44. The van der Waals surface area contributed by atoms with Crippen molar-refractivity contribution in [3.8, 4) is 27.9 Å². The maximum Gasteiger partial charge on any atom is 0.137 e. The Bertz CT molecular complexity index is 3480. The van der Waals surface area contributed by atoms with Gasteiger partial charge in [0.2, 0.25) is 0 Å². The Balaban J connectivity index is 0.930. The Labute approximate surface area is 341 Å². The van der Waals surface area contributed by atoms with Crippen LogP contribution in [0.15, 0.2) is 223 Å². The molecule has 0 aliphatic heterocycles. The number of aromatic nitrogens is 1. The summed E-state index contributed by atoms with van der Waals surface area (Å²) >= 11 is 0. The van der Waals surface area contributed by atoms with Crippen molar-refractivity contribution in [1.29, 1.82) is 0 Å². The second-order valence-electron chi connectivity index (χ2n) is 15.3. The molecule has 59 heavy (non-hydrogen) atoms. The Morgan fingerprint density at radius 3 is 1.59 bits per heavy atom. The van der Waals surface area contributed by atoms with Gasteiger partial charge in [0.25, 0.3) is 0 Å². The van der Waals surface area contributed by atoms with Crippen LogP contribution in [0.25, 0.3) is 93.2 Å². The van der Waals surface area contributed by atoms with Crippen LogP contribution in [0.5, 0.6) is 0 Å². The fraction of sp³-hybridized carbons (Fsp3) is 0. The molecule has 0 unspecified atom stereocenters. The molecule has 0 N–H and O–H groups in total. The molecule has 0 radical (unpaired) electrons.